The average molecular weight is 295 g/mol. The highest BCUT2D eigenvalue weighted by Crippen LogP contribution is 2.31. The van der Waals surface area contributed by atoms with Crippen LogP contribution in [0.1, 0.15) is 22.7 Å². The molecule has 0 spiro atoms. The predicted octanol–water partition coefficient (Wildman–Crippen LogP) is 3.35. The lowest BCUT2D eigenvalue weighted by atomic mass is 9.97. The molecule has 0 saturated heterocycles. The van der Waals surface area contributed by atoms with Crippen LogP contribution < -0.4 is 16.0 Å². The van der Waals surface area contributed by atoms with Crippen molar-refractivity contribution < 1.29 is 9.13 Å². The second kappa shape index (κ2) is 6.22. The van der Waals surface area contributed by atoms with Crippen molar-refractivity contribution in [2.45, 2.75) is 13.0 Å². The normalized spacial score (nSPS) is 12.2. The summed E-state index contributed by atoms with van der Waals surface area (Å²) in [5, 5.41) is 0.677. The number of aryl methyl sites for hydroxylation is 1. The van der Waals surface area contributed by atoms with Crippen LogP contribution in [0.25, 0.3) is 0 Å². The summed E-state index contributed by atoms with van der Waals surface area (Å²) in [6.07, 6.45) is 0. The molecule has 0 radical (unpaired) electrons. The van der Waals surface area contributed by atoms with Gasteiger partial charge in [0.05, 0.1) is 13.2 Å². The fraction of sp³-hybridized carbons (Fsp3) is 0.200. The lowest BCUT2D eigenvalue weighted by Gasteiger charge is -2.20. The first-order valence-corrected chi connectivity index (χ1v) is 6.50. The maximum absolute atomic E-state index is 13.5. The molecule has 0 amide bonds. The van der Waals surface area contributed by atoms with Crippen molar-refractivity contribution in [2.24, 2.45) is 5.84 Å². The molecule has 0 saturated carbocycles. The van der Waals surface area contributed by atoms with E-state index in [1.807, 2.05) is 19.1 Å². The van der Waals surface area contributed by atoms with Gasteiger partial charge in [-0.3, -0.25) is 5.84 Å². The van der Waals surface area contributed by atoms with Gasteiger partial charge in [-0.2, -0.15) is 0 Å². The molecular formula is C15H16ClFN2O. The van der Waals surface area contributed by atoms with Crippen molar-refractivity contribution in [3.63, 3.8) is 0 Å². The van der Waals surface area contributed by atoms with Gasteiger partial charge in [0.15, 0.2) is 0 Å². The quantitative estimate of drug-likeness (QED) is 0.671. The molecule has 2 aromatic carbocycles. The average Bonchev–Trinajstić information content (AvgIpc) is 2.44. The van der Waals surface area contributed by atoms with Crippen LogP contribution in [0.5, 0.6) is 5.75 Å². The molecule has 3 N–H and O–H groups in total. The SMILES string of the molecule is COc1ccc(F)cc1C(NN)c1ccc(Cl)c(C)c1. The van der Waals surface area contributed by atoms with E-state index in [9.17, 15) is 4.39 Å². The maximum atomic E-state index is 13.5. The lowest BCUT2D eigenvalue weighted by molar-refractivity contribution is 0.402. The van der Waals surface area contributed by atoms with Gasteiger partial charge in [-0.25, -0.2) is 9.82 Å². The van der Waals surface area contributed by atoms with E-state index in [-0.39, 0.29) is 11.9 Å². The van der Waals surface area contributed by atoms with Gasteiger partial charge in [0.1, 0.15) is 11.6 Å². The first kappa shape index (κ1) is 14.8. The molecule has 0 fully saturated rings. The molecule has 0 aromatic heterocycles. The van der Waals surface area contributed by atoms with Gasteiger partial charge in [0, 0.05) is 10.6 Å². The molecule has 2 rings (SSSR count). The number of hydrazine groups is 1. The molecule has 0 aliphatic rings. The number of ether oxygens (including phenoxy) is 1. The van der Waals surface area contributed by atoms with Crippen LogP contribution in [-0.2, 0) is 0 Å². The van der Waals surface area contributed by atoms with Crippen molar-refractivity contribution in [3.05, 3.63) is 63.9 Å². The Hall–Kier alpha value is -1.62. The first-order valence-electron chi connectivity index (χ1n) is 6.12. The van der Waals surface area contributed by atoms with E-state index in [0.29, 0.717) is 16.3 Å². The van der Waals surface area contributed by atoms with E-state index >= 15 is 0 Å². The number of benzene rings is 2. The van der Waals surface area contributed by atoms with Crippen molar-refractivity contribution in [1.29, 1.82) is 0 Å². The topological polar surface area (TPSA) is 47.3 Å². The fourth-order valence-electron chi connectivity index (χ4n) is 2.14. The molecular weight excluding hydrogens is 279 g/mol. The van der Waals surface area contributed by atoms with Crippen molar-refractivity contribution in [1.82, 2.24) is 5.43 Å². The summed E-state index contributed by atoms with van der Waals surface area (Å²) < 4.78 is 18.8. The minimum Gasteiger partial charge on any atom is -0.496 e. The summed E-state index contributed by atoms with van der Waals surface area (Å²) in [5.41, 5.74) is 5.15. The van der Waals surface area contributed by atoms with Crippen LogP contribution in [0.4, 0.5) is 4.39 Å². The molecule has 0 aliphatic heterocycles. The number of nitrogens with two attached hydrogens (primary N) is 1. The van der Waals surface area contributed by atoms with Gasteiger partial charge in [-0.1, -0.05) is 23.7 Å². The summed E-state index contributed by atoms with van der Waals surface area (Å²) in [5.74, 6) is 5.87. The zero-order valence-corrected chi connectivity index (χ0v) is 12.0. The van der Waals surface area contributed by atoms with Crippen LogP contribution in [0.3, 0.4) is 0 Å². The number of halogens is 2. The Labute approximate surface area is 122 Å². The number of methoxy groups -OCH3 is 1. The standard InChI is InChI=1S/C15H16ClFN2O/c1-9-7-10(3-5-13(9)16)15(19-18)12-8-11(17)4-6-14(12)20-2/h3-8,15,19H,18H2,1-2H3. The Morgan fingerprint density at radius 3 is 2.60 bits per heavy atom. The summed E-state index contributed by atoms with van der Waals surface area (Å²) in [6.45, 7) is 1.90. The van der Waals surface area contributed by atoms with E-state index in [1.54, 1.807) is 12.1 Å². The van der Waals surface area contributed by atoms with Crippen molar-refractivity contribution in [3.8, 4) is 5.75 Å². The third-order valence-corrected chi connectivity index (χ3v) is 3.61. The molecule has 0 heterocycles. The van der Waals surface area contributed by atoms with Gasteiger partial charge in [-0.05, 0) is 42.3 Å². The summed E-state index contributed by atoms with van der Waals surface area (Å²) in [7, 11) is 1.54. The van der Waals surface area contributed by atoms with Gasteiger partial charge >= 0.3 is 0 Å². The molecule has 5 heteroatoms. The Morgan fingerprint density at radius 2 is 2.00 bits per heavy atom. The monoisotopic (exact) mass is 294 g/mol. The summed E-state index contributed by atoms with van der Waals surface area (Å²) >= 11 is 6.02. The van der Waals surface area contributed by atoms with E-state index in [1.165, 1.54) is 19.2 Å². The Morgan fingerprint density at radius 1 is 1.25 bits per heavy atom. The van der Waals surface area contributed by atoms with Gasteiger partial charge < -0.3 is 4.74 Å². The highest BCUT2D eigenvalue weighted by atomic mass is 35.5. The molecule has 1 atom stereocenters. The second-order valence-electron chi connectivity index (χ2n) is 4.49. The molecule has 20 heavy (non-hydrogen) atoms. The largest absolute Gasteiger partial charge is 0.496 e. The Balaban J connectivity index is 2.51. The number of hydrogen-bond acceptors (Lipinski definition) is 3. The third-order valence-electron chi connectivity index (χ3n) is 3.18. The van der Waals surface area contributed by atoms with Crippen molar-refractivity contribution >= 4 is 11.6 Å². The van der Waals surface area contributed by atoms with Gasteiger partial charge in [0.25, 0.3) is 0 Å². The third kappa shape index (κ3) is 2.93. The Bertz CT molecular complexity index is 619. The zero-order valence-electron chi connectivity index (χ0n) is 11.3. The molecule has 106 valence electrons. The minimum absolute atomic E-state index is 0.341. The Kier molecular flexibility index (Phi) is 4.60. The van der Waals surface area contributed by atoms with E-state index < -0.39 is 0 Å². The first-order chi connectivity index (χ1) is 9.56. The van der Waals surface area contributed by atoms with Crippen LogP contribution in [0.15, 0.2) is 36.4 Å². The second-order valence-corrected chi connectivity index (χ2v) is 4.90. The van der Waals surface area contributed by atoms with E-state index in [4.69, 9.17) is 22.2 Å². The number of hydrogen-bond donors (Lipinski definition) is 2. The molecule has 0 aliphatic carbocycles. The molecule has 3 nitrogen and oxygen atoms in total. The van der Waals surface area contributed by atoms with E-state index in [2.05, 4.69) is 5.43 Å². The highest BCUT2D eigenvalue weighted by molar-refractivity contribution is 6.31. The van der Waals surface area contributed by atoms with Crippen molar-refractivity contribution in [2.75, 3.05) is 7.11 Å². The molecule has 1 unspecified atom stereocenters. The van der Waals surface area contributed by atoms with Crippen LogP contribution in [0.2, 0.25) is 5.02 Å². The summed E-state index contributed by atoms with van der Waals surface area (Å²) in [6, 6.07) is 9.52. The van der Waals surface area contributed by atoms with Crippen LogP contribution in [-0.4, -0.2) is 7.11 Å². The number of rotatable bonds is 4. The van der Waals surface area contributed by atoms with Crippen LogP contribution in [0, 0.1) is 12.7 Å². The summed E-state index contributed by atoms with van der Waals surface area (Å²) in [4.78, 5) is 0. The van der Waals surface area contributed by atoms with Crippen LogP contribution >= 0.6 is 11.6 Å². The molecule has 2 aromatic rings. The maximum Gasteiger partial charge on any atom is 0.124 e. The molecule has 0 bridgehead atoms. The van der Waals surface area contributed by atoms with Gasteiger partial charge in [0.2, 0.25) is 0 Å². The number of nitrogens with one attached hydrogen (secondary N) is 1. The smallest absolute Gasteiger partial charge is 0.124 e. The lowest BCUT2D eigenvalue weighted by Crippen LogP contribution is -2.29. The fourth-order valence-corrected chi connectivity index (χ4v) is 2.26. The minimum atomic E-state index is -0.378. The predicted molar refractivity (Wildman–Crippen MR) is 78.3 cm³/mol. The van der Waals surface area contributed by atoms with E-state index in [0.717, 1.165) is 11.1 Å². The highest BCUT2D eigenvalue weighted by Gasteiger charge is 2.18. The van der Waals surface area contributed by atoms with Gasteiger partial charge in [-0.15, -0.1) is 0 Å². The zero-order chi connectivity index (χ0) is 14.7.